The molecule has 0 aliphatic heterocycles. The van der Waals surface area contributed by atoms with Crippen LogP contribution in [0.3, 0.4) is 0 Å². The minimum absolute atomic E-state index is 0.0150. The van der Waals surface area contributed by atoms with E-state index in [1.165, 1.54) is 26.3 Å². The lowest BCUT2D eigenvalue weighted by Crippen LogP contribution is -2.25. The minimum atomic E-state index is -0.527. The zero-order valence-electron chi connectivity index (χ0n) is 17.9. The normalized spacial score (nSPS) is 12.4. The first-order valence-corrected chi connectivity index (χ1v) is 10.4. The molecule has 0 fully saturated rings. The van der Waals surface area contributed by atoms with Gasteiger partial charge in [-0.15, -0.1) is 0 Å². The van der Waals surface area contributed by atoms with Crippen LogP contribution in [0, 0.1) is 11.7 Å². The van der Waals surface area contributed by atoms with Crippen molar-refractivity contribution >= 4 is 28.3 Å². The SMILES string of the molecule is COc1cc2c(cc1Cc1cccc(Cl)c1F)c(=O)c(C(C)=O)cn2[C@@H](CO)C(C)C. The molecule has 0 saturated carbocycles. The molecule has 0 amide bonds. The van der Waals surface area contributed by atoms with Gasteiger partial charge in [-0.1, -0.05) is 37.6 Å². The van der Waals surface area contributed by atoms with Crippen LogP contribution in [-0.4, -0.2) is 29.2 Å². The fourth-order valence-electron chi connectivity index (χ4n) is 3.79. The molecular formula is C24H25ClFNO4. The highest BCUT2D eigenvalue weighted by atomic mass is 35.5. The molecule has 1 heterocycles. The minimum Gasteiger partial charge on any atom is -0.496 e. The third-order valence-electron chi connectivity index (χ3n) is 5.54. The second kappa shape index (κ2) is 9.20. The average Bonchev–Trinajstić information content (AvgIpc) is 2.72. The van der Waals surface area contributed by atoms with Crippen LogP contribution in [-0.2, 0) is 6.42 Å². The number of halogens is 2. The summed E-state index contributed by atoms with van der Waals surface area (Å²) in [6.07, 6.45) is 1.66. The molecule has 7 heteroatoms. The molecule has 0 unspecified atom stereocenters. The van der Waals surface area contributed by atoms with E-state index < -0.39 is 11.2 Å². The smallest absolute Gasteiger partial charge is 0.200 e. The molecule has 1 N–H and O–H groups in total. The van der Waals surface area contributed by atoms with Crippen molar-refractivity contribution in [2.24, 2.45) is 5.92 Å². The van der Waals surface area contributed by atoms with E-state index >= 15 is 0 Å². The van der Waals surface area contributed by atoms with Crippen molar-refractivity contribution in [3.8, 4) is 5.75 Å². The van der Waals surface area contributed by atoms with Crippen LogP contribution in [0.25, 0.3) is 10.9 Å². The van der Waals surface area contributed by atoms with Crippen molar-refractivity contribution in [2.45, 2.75) is 33.2 Å². The summed E-state index contributed by atoms with van der Waals surface area (Å²) in [6.45, 7) is 5.07. The Morgan fingerprint density at radius 2 is 1.97 bits per heavy atom. The Kier molecular flexibility index (Phi) is 6.82. The number of Topliss-reactive ketones (excluding diaryl/α,β-unsaturated/α-hetero) is 1. The van der Waals surface area contributed by atoms with Gasteiger partial charge in [0, 0.05) is 24.1 Å². The van der Waals surface area contributed by atoms with Crippen molar-refractivity contribution in [3.05, 3.63) is 74.3 Å². The number of benzene rings is 2. The summed E-state index contributed by atoms with van der Waals surface area (Å²) < 4.78 is 21.8. The lowest BCUT2D eigenvalue weighted by atomic mass is 9.98. The lowest BCUT2D eigenvalue weighted by Gasteiger charge is -2.25. The molecular weight excluding hydrogens is 421 g/mol. The second-order valence-corrected chi connectivity index (χ2v) is 8.31. The van der Waals surface area contributed by atoms with Crippen LogP contribution < -0.4 is 10.2 Å². The molecule has 164 valence electrons. The number of ether oxygens (including phenoxy) is 1. The highest BCUT2D eigenvalue weighted by Crippen LogP contribution is 2.31. The number of carbonyl (C=O) groups excluding carboxylic acids is 1. The highest BCUT2D eigenvalue weighted by molar-refractivity contribution is 6.30. The van der Waals surface area contributed by atoms with Gasteiger partial charge in [0.25, 0.3) is 0 Å². The average molecular weight is 446 g/mol. The quantitative estimate of drug-likeness (QED) is 0.531. The number of methoxy groups -OCH3 is 1. The number of fused-ring (bicyclic) bond motifs is 1. The first kappa shape index (κ1) is 23.0. The summed E-state index contributed by atoms with van der Waals surface area (Å²) in [5.74, 6) is -0.376. The molecule has 0 radical (unpaired) electrons. The van der Waals surface area contributed by atoms with Gasteiger partial charge in [-0.05, 0) is 36.1 Å². The molecule has 0 saturated heterocycles. The molecule has 3 aromatic rings. The molecule has 0 aliphatic rings. The van der Waals surface area contributed by atoms with E-state index in [1.807, 2.05) is 13.8 Å². The first-order chi connectivity index (χ1) is 14.7. The fraction of sp³-hybridized carbons (Fsp3) is 0.333. The number of aliphatic hydroxyl groups excluding tert-OH is 1. The van der Waals surface area contributed by atoms with Crippen LogP contribution in [0.5, 0.6) is 5.75 Å². The van der Waals surface area contributed by atoms with E-state index in [1.54, 1.807) is 28.8 Å². The lowest BCUT2D eigenvalue weighted by molar-refractivity contribution is 0.101. The number of carbonyl (C=O) groups is 1. The number of ketones is 1. The maximum atomic E-state index is 14.5. The summed E-state index contributed by atoms with van der Waals surface area (Å²) in [6, 6.07) is 7.73. The molecule has 1 atom stereocenters. The summed E-state index contributed by atoms with van der Waals surface area (Å²) in [4.78, 5) is 25.3. The number of rotatable bonds is 7. The summed E-state index contributed by atoms with van der Waals surface area (Å²) in [5.41, 5.74) is 1.12. The standard InChI is InChI=1S/C24H25ClFNO4/c1-13(2)21(12-28)27-11-18(14(3)29)24(30)17-9-16(22(31-4)10-20(17)27)8-15-6-5-7-19(25)23(15)26/h5-7,9-11,13,21,28H,8,12H2,1-4H3/t21-/m0/s1. The third-order valence-corrected chi connectivity index (χ3v) is 5.83. The predicted octanol–water partition coefficient (Wildman–Crippen LogP) is 4.79. The molecule has 0 aliphatic carbocycles. The number of hydrogen-bond donors (Lipinski definition) is 1. The Balaban J connectivity index is 2.32. The summed E-state index contributed by atoms with van der Waals surface area (Å²) >= 11 is 5.91. The number of pyridine rings is 1. The van der Waals surface area contributed by atoms with E-state index in [0.717, 1.165) is 0 Å². The monoisotopic (exact) mass is 445 g/mol. The molecule has 0 spiro atoms. The molecule has 31 heavy (non-hydrogen) atoms. The summed E-state index contributed by atoms with van der Waals surface area (Å²) in [7, 11) is 1.50. The first-order valence-electron chi connectivity index (χ1n) is 10.00. The van der Waals surface area contributed by atoms with Crippen LogP contribution >= 0.6 is 11.6 Å². The van der Waals surface area contributed by atoms with Crippen molar-refractivity contribution in [2.75, 3.05) is 13.7 Å². The second-order valence-electron chi connectivity index (χ2n) is 7.90. The van der Waals surface area contributed by atoms with E-state index in [-0.39, 0.29) is 41.4 Å². The van der Waals surface area contributed by atoms with Crippen molar-refractivity contribution in [3.63, 3.8) is 0 Å². The summed E-state index contributed by atoms with van der Waals surface area (Å²) in [5, 5.41) is 10.3. The topological polar surface area (TPSA) is 68.5 Å². The van der Waals surface area contributed by atoms with Gasteiger partial charge >= 0.3 is 0 Å². The number of nitrogens with zero attached hydrogens (tertiary/aromatic N) is 1. The largest absolute Gasteiger partial charge is 0.496 e. The van der Waals surface area contributed by atoms with Gasteiger partial charge in [0.05, 0.1) is 35.9 Å². The zero-order chi connectivity index (χ0) is 22.9. The molecule has 1 aromatic heterocycles. The number of aromatic nitrogens is 1. The van der Waals surface area contributed by atoms with Gasteiger partial charge < -0.3 is 14.4 Å². The van der Waals surface area contributed by atoms with Crippen LogP contribution in [0.2, 0.25) is 5.02 Å². The van der Waals surface area contributed by atoms with Gasteiger partial charge in [-0.3, -0.25) is 9.59 Å². The maximum absolute atomic E-state index is 14.5. The van der Waals surface area contributed by atoms with E-state index in [2.05, 4.69) is 0 Å². The predicted molar refractivity (Wildman–Crippen MR) is 120 cm³/mol. The van der Waals surface area contributed by atoms with Crippen molar-refractivity contribution in [1.82, 2.24) is 4.57 Å². The van der Waals surface area contributed by atoms with E-state index in [4.69, 9.17) is 16.3 Å². The number of hydrogen-bond acceptors (Lipinski definition) is 4. The highest BCUT2D eigenvalue weighted by Gasteiger charge is 2.22. The Morgan fingerprint density at radius 3 is 2.55 bits per heavy atom. The molecule has 0 bridgehead atoms. The molecule has 3 rings (SSSR count). The van der Waals surface area contributed by atoms with E-state index in [0.29, 0.717) is 27.8 Å². The number of aliphatic hydroxyl groups is 1. The molecule has 2 aromatic carbocycles. The fourth-order valence-corrected chi connectivity index (χ4v) is 3.98. The van der Waals surface area contributed by atoms with Gasteiger partial charge in [-0.2, -0.15) is 0 Å². The van der Waals surface area contributed by atoms with Gasteiger partial charge in [0.1, 0.15) is 11.6 Å². The Morgan fingerprint density at radius 1 is 1.26 bits per heavy atom. The Labute approximate surface area is 185 Å². The maximum Gasteiger partial charge on any atom is 0.200 e. The zero-order valence-corrected chi connectivity index (χ0v) is 18.7. The van der Waals surface area contributed by atoms with Crippen LogP contribution in [0.4, 0.5) is 4.39 Å². The van der Waals surface area contributed by atoms with E-state index in [9.17, 15) is 19.1 Å². The van der Waals surface area contributed by atoms with Crippen molar-refractivity contribution < 1.29 is 19.0 Å². The Hall–Kier alpha value is -2.70. The van der Waals surface area contributed by atoms with Gasteiger partial charge in [-0.25, -0.2) is 4.39 Å². The van der Waals surface area contributed by atoms with Crippen LogP contribution in [0.15, 0.2) is 41.3 Å². The van der Waals surface area contributed by atoms with Crippen LogP contribution in [0.1, 0.15) is 48.3 Å². The third kappa shape index (κ3) is 4.36. The van der Waals surface area contributed by atoms with Crippen molar-refractivity contribution in [1.29, 1.82) is 0 Å². The van der Waals surface area contributed by atoms with Gasteiger partial charge in [0.2, 0.25) is 0 Å². The Bertz CT molecular complexity index is 1200. The van der Waals surface area contributed by atoms with Gasteiger partial charge in [0.15, 0.2) is 11.2 Å². The molecule has 5 nitrogen and oxygen atoms in total.